The number of nitrogens with zero attached hydrogens (tertiary/aromatic N) is 5. The number of rotatable bonds is 8. The lowest BCUT2D eigenvalue weighted by molar-refractivity contribution is -0.402. The molecule has 0 radical (unpaired) electrons. The van der Waals surface area contributed by atoms with Gasteiger partial charge >= 0.3 is 5.88 Å². The van der Waals surface area contributed by atoms with Gasteiger partial charge in [0.25, 0.3) is 5.91 Å². The Hall–Kier alpha value is -3.80. The Kier molecular flexibility index (Phi) is 5.16. The Balaban J connectivity index is 1.38. The van der Waals surface area contributed by atoms with E-state index in [-0.39, 0.29) is 12.3 Å². The van der Waals surface area contributed by atoms with Crippen LogP contribution < -0.4 is 10.6 Å². The zero-order valence-corrected chi connectivity index (χ0v) is 15.8. The number of nitrogens with one attached hydrogen (secondary N) is 2. The number of anilines is 1. The summed E-state index contributed by atoms with van der Waals surface area (Å²) in [6.45, 7) is 1.26. The zero-order chi connectivity index (χ0) is 20.2. The number of aromatic nitrogens is 4. The maximum Gasteiger partial charge on any atom is 0.433 e. The minimum absolute atomic E-state index is 0.121. The average Bonchev–Trinajstić information content (AvgIpc) is 3.47. The Morgan fingerprint density at radius 2 is 2.21 bits per heavy atom. The van der Waals surface area contributed by atoms with Crippen molar-refractivity contribution in [3.8, 4) is 0 Å². The second-order valence-electron chi connectivity index (χ2n) is 5.91. The highest BCUT2D eigenvalue weighted by molar-refractivity contribution is 7.09. The summed E-state index contributed by atoms with van der Waals surface area (Å²) in [5.41, 5.74) is 0.636. The third-order valence-corrected chi connectivity index (χ3v) is 4.92. The molecule has 4 heterocycles. The van der Waals surface area contributed by atoms with Gasteiger partial charge < -0.3 is 15.1 Å². The molecule has 12 heteroatoms. The minimum atomic E-state index is -0.698. The molecular weight excluding hydrogens is 398 g/mol. The van der Waals surface area contributed by atoms with Crippen LogP contribution in [0.1, 0.15) is 15.4 Å². The van der Waals surface area contributed by atoms with Crippen LogP contribution in [0.5, 0.6) is 0 Å². The summed E-state index contributed by atoms with van der Waals surface area (Å²) >= 11 is 1.66. The maximum absolute atomic E-state index is 12.0. The molecule has 2 N–H and O–H groups in total. The van der Waals surface area contributed by atoms with Gasteiger partial charge in [-0.15, -0.1) is 11.3 Å². The molecule has 4 aromatic rings. The Morgan fingerprint density at radius 3 is 2.97 bits per heavy atom. The van der Waals surface area contributed by atoms with Crippen molar-refractivity contribution in [2.24, 2.45) is 0 Å². The smallest absolute Gasteiger partial charge is 0.395 e. The molecule has 0 aromatic carbocycles. The van der Waals surface area contributed by atoms with Crippen LogP contribution in [0.3, 0.4) is 0 Å². The SMILES string of the molecule is O=C(NCCn1ncc2c(NCc3cccs3)ncnc21)c1ccc([N+](=O)[O-])o1. The Labute approximate surface area is 167 Å². The number of carbonyl (C=O) groups excluding carboxylic acids is 1. The highest BCUT2D eigenvalue weighted by Crippen LogP contribution is 2.20. The second kappa shape index (κ2) is 8.06. The average molecular weight is 413 g/mol. The molecule has 0 aliphatic heterocycles. The van der Waals surface area contributed by atoms with Gasteiger partial charge in [0.2, 0.25) is 0 Å². The molecule has 0 spiro atoms. The molecular formula is C17H15N7O4S. The summed E-state index contributed by atoms with van der Waals surface area (Å²) in [4.78, 5) is 31.7. The molecule has 4 rings (SSSR count). The van der Waals surface area contributed by atoms with Crippen molar-refractivity contribution in [2.75, 3.05) is 11.9 Å². The highest BCUT2D eigenvalue weighted by atomic mass is 32.1. The number of thiophene rings is 1. The number of amides is 1. The number of hydrogen-bond donors (Lipinski definition) is 2. The lowest BCUT2D eigenvalue weighted by atomic mass is 10.3. The van der Waals surface area contributed by atoms with Gasteiger partial charge in [-0.25, -0.2) is 14.6 Å². The predicted molar refractivity (Wildman–Crippen MR) is 105 cm³/mol. The Morgan fingerprint density at radius 1 is 1.31 bits per heavy atom. The number of carbonyl (C=O) groups is 1. The molecule has 0 aliphatic carbocycles. The van der Waals surface area contributed by atoms with E-state index in [4.69, 9.17) is 4.42 Å². The van der Waals surface area contributed by atoms with Gasteiger partial charge in [-0.05, 0) is 17.5 Å². The van der Waals surface area contributed by atoms with Crippen LogP contribution in [-0.2, 0) is 13.1 Å². The van der Waals surface area contributed by atoms with E-state index in [0.717, 1.165) is 11.5 Å². The largest absolute Gasteiger partial charge is 0.433 e. The van der Waals surface area contributed by atoms with E-state index in [2.05, 4.69) is 25.7 Å². The molecule has 0 aliphatic rings. The van der Waals surface area contributed by atoms with Crippen molar-refractivity contribution in [1.82, 2.24) is 25.1 Å². The molecule has 11 nitrogen and oxygen atoms in total. The van der Waals surface area contributed by atoms with E-state index < -0.39 is 16.7 Å². The van der Waals surface area contributed by atoms with Crippen molar-refractivity contribution in [2.45, 2.75) is 13.1 Å². The van der Waals surface area contributed by atoms with Crippen molar-refractivity contribution in [1.29, 1.82) is 0 Å². The third-order valence-electron chi connectivity index (χ3n) is 4.05. The van der Waals surface area contributed by atoms with Crippen LogP contribution in [0.15, 0.2) is 46.6 Å². The number of hydrogen-bond acceptors (Lipinski definition) is 9. The van der Waals surface area contributed by atoms with Crippen molar-refractivity contribution >= 4 is 40.0 Å². The summed E-state index contributed by atoms with van der Waals surface area (Å²) in [7, 11) is 0. The zero-order valence-electron chi connectivity index (χ0n) is 14.9. The molecule has 0 atom stereocenters. The summed E-state index contributed by atoms with van der Waals surface area (Å²) in [6, 6.07) is 6.42. The quantitative estimate of drug-likeness (QED) is 0.331. The van der Waals surface area contributed by atoms with Crippen LogP contribution in [0.25, 0.3) is 11.0 Å². The molecule has 4 aromatic heterocycles. The summed E-state index contributed by atoms with van der Waals surface area (Å²) < 4.78 is 6.53. The lowest BCUT2D eigenvalue weighted by Crippen LogP contribution is -2.27. The molecule has 0 bridgehead atoms. The van der Waals surface area contributed by atoms with Gasteiger partial charge in [0.05, 0.1) is 30.7 Å². The van der Waals surface area contributed by atoms with Crippen LogP contribution >= 0.6 is 11.3 Å². The monoisotopic (exact) mass is 413 g/mol. The molecule has 148 valence electrons. The minimum Gasteiger partial charge on any atom is -0.395 e. The fourth-order valence-corrected chi connectivity index (χ4v) is 3.34. The first kappa shape index (κ1) is 18.6. The topological polar surface area (TPSA) is 141 Å². The first-order chi connectivity index (χ1) is 14.1. The molecule has 0 saturated carbocycles. The van der Waals surface area contributed by atoms with Crippen LogP contribution in [0.4, 0.5) is 11.7 Å². The number of fused-ring (bicyclic) bond motifs is 1. The van der Waals surface area contributed by atoms with E-state index >= 15 is 0 Å². The van der Waals surface area contributed by atoms with Crippen LogP contribution in [-0.4, -0.2) is 37.1 Å². The van der Waals surface area contributed by atoms with E-state index in [9.17, 15) is 14.9 Å². The standard InChI is InChI=1S/C17H15N7O4S/c25-17(13-3-4-14(28-13)24(26)27)18-5-6-23-16-12(9-22-23)15(20-10-21-16)19-8-11-2-1-7-29-11/h1-4,7,9-10H,5-6,8H2,(H,18,25)(H,19,20,21). The fraction of sp³-hybridized carbons (Fsp3) is 0.176. The summed E-state index contributed by atoms with van der Waals surface area (Å²) in [5, 5.41) is 23.6. The van der Waals surface area contributed by atoms with Crippen LogP contribution in [0, 0.1) is 10.1 Å². The lowest BCUT2D eigenvalue weighted by Gasteiger charge is -2.06. The molecule has 29 heavy (non-hydrogen) atoms. The first-order valence-corrected chi connectivity index (χ1v) is 9.45. The van der Waals surface area contributed by atoms with E-state index in [0.29, 0.717) is 24.6 Å². The van der Waals surface area contributed by atoms with Gasteiger partial charge in [0.1, 0.15) is 17.1 Å². The third kappa shape index (κ3) is 4.06. The first-order valence-electron chi connectivity index (χ1n) is 8.57. The van der Waals surface area contributed by atoms with E-state index in [1.54, 1.807) is 22.2 Å². The number of furan rings is 1. The van der Waals surface area contributed by atoms with Gasteiger partial charge in [-0.3, -0.25) is 14.9 Å². The predicted octanol–water partition coefficient (Wildman–Crippen LogP) is 2.43. The molecule has 0 fully saturated rings. The molecule has 0 unspecified atom stereocenters. The van der Waals surface area contributed by atoms with Gasteiger partial charge in [-0.1, -0.05) is 6.07 Å². The molecule has 0 saturated heterocycles. The van der Waals surface area contributed by atoms with E-state index in [1.807, 2.05) is 17.5 Å². The summed E-state index contributed by atoms with van der Waals surface area (Å²) in [6.07, 6.45) is 3.13. The van der Waals surface area contributed by atoms with Crippen molar-refractivity contribution in [3.05, 3.63) is 62.9 Å². The molecule has 1 amide bonds. The van der Waals surface area contributed by atoms with Crippen molar-refractivity contribution < 1.29 is 14.1 Å². The highest BCUT2D eigenvalue weighted by Gasteiger charge is 2.17. The van der Waals surface area contributed by atoms with Gasteiger partial charge in [0, 0.05) is 11.4 Å². The van der Waals surface area contributed by atoms with Crippen LogP contribution in [0.2, 0.25) is 0 Å². The number of nitro groups is 1. The van der Waals surface area contributed by atoms with Crippen molar-refractivity contribution in [3.63, 3.8) is 0 Å². The fourth-order valence-electron chi connectivity index (χ4n) is 2.69. The van der Waals surface area contributed by atoms with Gasteiger partial charge in [0.15, 0.2) is 11.4 Å². The van der Waals surface area contributed by atoms with E-state index in [1.165, 1.54) is 17.3 Å². The second-order valence-corrected chi connectivity index (χ2v) is 6.94. The summed E-state index contributed by atoms with van der Waals surface area (Å²) in [5.74, 6) is -0.457. The maximum atomic E-state index is 12.0. The van der Waals surface area contributed by atoms with Gasteiger partial charge in [-0.2, -0.15) is 5.10 Å². The Bertz CT molecular complexity index is 1150. The normalized spacial score (nSPS) is 10.9.